The summed E-state index contributed by atoms with van der Waals surface area (Å²) in [6.07, 6.45) is 4.18. The number of hydrogen-bond acceptors (Lipinski definition) is 5. The summed E-state index contributed by atoms with van der Waals surface area (Å²) in [5.74, 6) is 1.28. The number of Topliss-reactive ketones (excluding diaryl/α,β-unsaturated/α-hetero) is 1. The molecule has 2 aromatic rings. The van der Waals surface area contributed by atoms with Crippen molar-refractivity contribution in [3.8, 4) is 11.5 Å². The Kier molecular flexibility index (Phi) is 5.05. The molecular formula is C18H18N2O4. The van der Waals surface area contributed by atoms with Crippen LogP contribution < -0.4 is 14.8 Å². The normalized spacial score (nSPS) is 12.0. The van der Waals surface area contributed by atoms with Crippen LogP contribution in [0.4, 0.5) is 0 Å². The number of pyridine rings is 1. The number of carbonyl (C=O) groups excluding carboxylic acids is 2. The average molecular weight is 326 g/mol. The molecule has 0 atom stereocenters. The van der Waals surface area contributed by atoms with Crippen molar-refractivity contribution in [2.75, 3.05) is 13.3 Å². The standard InChI is InChI=1S/C18H18N2O4/c21-15(14-2-1-8-19-11-14)4-6-18(22)20-9-7-13-3-5-16-17(10-13)24-12-23-16/h1-3,5,8,10-11H,4,6-7,9,12H2,(H,20,22). The van der Waals surface area contributed by atoms with Gasteiger partial charge in [0.1, 0.15) is 0 Å². The van der Waals surface area contributed by atoms with Crippen molar-refractivity contribution in [1.29, 1.82) is 0 Å². The number of hydrogen-bond donors (Lipinski definition) is 1. The molecule has 0 radical (unpaired) electrons. The Balaban J connectivity index is 1.39. The van der Waals surface area contributed by atoms with Crippen LogP contribution in [-0.4, -0.2) is 30.0 Å². The number of carbonyl (C=O) groups is 2. The number of nitrogens with one attached hydrogen (secondary N) is 1. The van der Waals surface area contributed by atoms with Crippen molar-refractivity contribution in [2.45, 2.75) is 19.3 Å². The van der Waals surface area contributed by atoms with Crippen molar-refractivity contribution in [2.24, 2.45) is 0 Å². The molecule has 24 heavy (non-hydrogen) atoms. The fraction of sp³-hybridized carbons (Fsp3) is 0.278. The van der Waals surface area contributed by atoms with Gasteiger partial charge in [-0.25, -0.2) is 0 Å². The van der Waals surface area contributed by atoms with Gasteiger partial charge in [-0.3, -0.25) is 14.6 Å². The summed E-state index contributed by atoms with van der Waals surface area (Å²) in [4.78, 5) is 27.6. The molecule has 1 aliphatic heterocycles. The van der Waals surface area contributed by atoms with Gasteiger partial charge >= 0.3 is 0 Å². The molecule has 0 spiro atoms. The minimum atomic E-state index is -0.131. The monoisotopic (exact) mass is 326 g/mol. The lowest BCUT2D eigenvalue weighted by Gasteiger charge is -2.06. The van der Waals surface area contributed by atoms with Crippen LogP contribution in [0.15, 0.2) is 42.7 Å². The fourth-order valence-electron chi connectivity index (χ4n) is 2.43. The number of amides is 1. The molecule has 1 aromatic carbocycles. The average Bonchev–Trinajstić information content (AvgIpc) is 3.08. The van der Waals surface area contributed by atoms with E-state index < -0.39 is 0 Å². The molecule has 0 fully saturated rings. The number of benzene rings is 1. The number of fused-ring (bicyclic) bond motifs is 1. The second-order valence-corrected chi connectivity index (χ2v) is 5.45. The molecular weight excluding hydrogens is 308 g/mol. The molecule has 3 rings (SSSR count). The molecule has 0 unspecified atom stereocenters. The first kappa shape index (κ1) is 16.0. The quantitative estimate of drug-likeness (QED) is 0.789. The van der Waals surface area contributed by atoms with Gasteiger partial charge in [0.15, 0.2) is 17.3 Å². The van der Waals surface area contributed by atoms with Crippen molar-refractivity contribution in [1.82, 2.24) is 10.3 Å². The number of ketones is 1. The molecule has 1 aromatic heterocycles. The molecule has 0 saturated heterocycles. The van der Waals surface area contributed by atoms with Crippen LogP contribution in [0.5, 0.6) is 11.5 Å². The minimum Gasteiger partial charge on any atom is -0.454 e. The number of rotatable bonds is 7. The van der Waals surface area contributed by atoms with Gasteiger partial charge in [0.05, 0.1) is 0 Å². The minimum absolute atomic E-state index is 0.0750. The molecule has 0 saturated carbocycles. The van der Waals surface area contributed by atoms with Gasteiger partial charge in [-0.15, -0.1) is 0 Å². The maximum absolute atomic E-state index is 11.9. The first-order valence-electron chi connectivity index (χ1n) is 7.81. The molecule has 1 aliphatic rings. The van der Waals surface area contributed by atoms with Crippen LogP contribution in [0.2, 0.25) is 0 Å². The first-order chi connectivity index (χ1) is 11.7. The van der Waals surface area contributed by atoms with Gasteiger partial charge in [-0.1, -0.05) is 6.07 Å². The first-order valence-corrected chi connectivity index (χ1v) is 7.81. The smallest absolute Gasteiger partial charge is 0.231 e. The van der Waals surface area contributed by atoms with Crippen LogP contribution in [0.1, 0.15) is 28.8 Å². The Morgan fingerprint density at radius 1 is 1.12 bits per heavy atom. The summed E-state index contributed by atoms with van der Waals surface area (Å²) in [5, 5.41) is 2.83. The van der Waals surface area contributed by atoms with Gasteiger partial charge in [-0.2, -0.15) is 0 Å². The van der Waals surface area contributed by atoms with E-state index in [0.29, 0.717) is 18.5 Å². The summed E-state index contributed by atoms with van der Waals surface area (Å²) < 4.78 is 10.6. The largest absolute Gasteiger partial charge is 0.454 e. The predicted octanol–water partition coefficient (Wildman–Crippen LogP) is 2.13. The highest BCUT2D eigenvalue weighted by Gasteiger charge is 2.13. The topological polar surface area (TPSA) is 77.5 Å². The fourth-order valence-corrected chi connectivity index (χ4v) is 2.43. The van der Waals surface area contributed by atoms with Gasteiger partial charge in [0, 0.05) is 37.3 Å². The number of ether oxygens (including phenoxy) is 2. The van der Waals surface area contributed by atoms with Crippen molar-refractivity contribution < 1.29 is 19.1 Å². The molecule has 1 amide bonds. The summed E-state index contributed by atoms with van der Waals surface area (Å²) in [6.45, 7) is 0.764. The third-order valence-corrected chi connectivity index (χ3v) is 3.74. The van der Waals surface area contributed by atoms with E-state index >= 15 is 0 Å². The zero-order chi connectivity index (χ0) is 16.8. The van der Waals surface area contributed by atoms with E-state index in [1.54, 1.807) is 18.3 Å². The van der Waals surface area contributed by atoms with E-state index in [-0.39, 0.29) is 31.3 Å². The Hall–Kier alpha value is -2.89. The third-order valence-electron chi connectivity index (χ3n) is 3.74. The molecule has 2 heterocycles. The second kappa shape index (κ2) is 7.59. The second-order valence-electron chi connectivity index (χ2n) is 5.45. The van der Waals surface area contributed by atoms with Crippen LogP contribution >= 0.6 is 0 Å². The Labute approximate surface area is 139 Å². The number of nitrogens with zero attached hydrogens (tertiary/aromatic N) is 1. The van der Waals surface area contributed by atoms with E-state index in [2.05, 4.69) is 10.3 Å². The van der Waals surface area contributed by atoms with Crippen LogP contribution in [0.3, 0.4) is 0 Å². The Morgan fingerprint density at radius 2 is 2.00 bits per heavy atom. The SMILES string of the molecule is O=C(CCC(=O)c1cccnc1)NCCc1ccc2c(c1)OCO2. The summed E-state index contributed by atoms with van der Waals surface area (Å²) in [7, 11) is 0. The molecule has 124 valence electrons. The van der Waals surface area contributed by atoms with E-state index in [9.17, 15) is 9.59 Å². The highest BCUT2D eigenvalue weighted by Crippen LogP contribution is 2.32. The lowest BCUT2D eigenvalue weighted by molar-refractivity contribution is -0.121. The molecule has 6 nitrogen and oxygen atoms in total. The van der Waals surface area contributed by atoms with Gasteiger partial charge in [0.2, 0.25) is 12.7 Å². The Bertz CT molecular complexity index is 731. The van der Waals surface area contributed by atoms with E-state index in [4.69, 9.17) is 9.47 Å². The van der Waals surface area contributed by atoms with E-state index in [1.807, 2.05) is 18.2 Å². The number of aromatic nitrogens is 1. The Morgan fingerprint density at radius 3 is 2.83 bits per heavy atom. The molecule has 6 heteroatoms. The van der Waals surface area contributed by atoms with E-state index in [0.717, 1.165) is 17.1 Å². The maximum Gasteiger partial charge on any atom is 0.231 e. The summed E-state index contributed by atoms with van der Waals surface area (Å²) in [5.41, 5.74) is 1.59. The lowest BCUT2D eigenvalue weighted by atomic mass is 10.1. The van der Waals surface area contributed by atoms with Crippen LogP contribution in [0, 0.1) is 0 Å². The highest BCUT2D eigenvalue weighted by atomic mass is 16.7. The molecule has 0 aliphatic carbocycles. The zero-order valence-corrected chi connectivity index (χ0v) is 13.2. The van der Waals surface area contributed by atoms with E-state index in [1.165, 1.54) is 6.20 Å². The molecule has 0 bridgehead atoms. The van der Waals surface area contributed by atoms with Crippen LogP contribution in [0.25, 0.3) is 0 Å². The maximum atomic E-state index is 11.9. The third kappa shape index (κ3) is 4.10. The summed E-state index contributed by atoms with van der Waals surface area (Å²) >= 11 is 0. The summed E-state index contributed by atoms with van der Waals surface area (Å²) in [6, 6.07) is 9.14. The van der Waals surface area contributed by atoms with Crippen molar-refractivity contribution >= 4 is 11.7 Å². The van der Waals surface area contributed by atoms with Crippen LogP contribution in [-0.2, 0) is 11.2 Å². The van der Waals surface area contributed by atoms with Gasteiger partial charge in [0.25, 0.3) is 0 Å². The predicted molar refractivity (Wildman–Crippen MR) is 87.1 cm³/mol. The highest BCUT2D eigenvalue weighted by molar-refractivity contribution is 5.97. The van der Waals surface area contributed by atoms with Crippen molar-refractivity contribution in [3.05, 3.63) is 53.9 Å². The van der Waals surface area contributed by atoms with Gasteiger partial charge < -0.3 is 14.8 Å². The zero-order valence-electron chi connectivity index (χ0n) is 13.2. The molecule has 1 N–H and O–H groups in total. The van der Waals surface area contributed by atoms with Gasteiger partial charge in [-0.05, 0) is 36.2 Å². The van der Waals surface area contributed by atoms with Crippen molar-refractivity contribution in [3.63, 3.8) is 0 Å². The lowest BCUT2D eigenvalue weighted by Crippen LogP contribution is -2.26.